The second kappa shape index (κ2) is 5.48. The normalized spacial score (nSPS) is 25.1. The zero-order valence-corrected chi connectivity index (χ0v) is 11.7. The number of rotatable bonds is 3. The van der Waals surface area contributed by atoms with Crippen LogP contribution in [-0.4, -0.2) is 54.7 Å². The van der Waals surface area contributed by atoms with Crippen LogP contribution in [0.15, 0.2) is 12.1 Å². The molecule has 2 rings (SSSR count). The summed E-state index contributed by atoms with van der Waals surface area (Å²) in [6.07, 6.45) is 0.522. The lowest BCUT2D eigenvalue weighted by Gasteiger charge is -2.38. The summed E-state index contributed by atoms with van der Waals surface area (Å²) in [6.45, 7) is 5.36. The van der Waals surface area contributed by atoms with Crippen molar-refractivity contribution in [3.8, 4) is 0 Å². The third-order valence-electron chi connectivity index (χ3n) is 3.57. The molecule has 2 heterocycles. The molecule has 2 atom stereocenters. The fourth-order valence-electron chi connectivity index (χ4n) is 2.36. The Morgan fingerprint density at radius 1 is 1.41 bits per heavy atom. The molecular formula is C13H22N2OS. The van der Waals surface area contributed by atoms with E-state index in [-0.39, 0.29) is 6.10 Å². The van der Waals surface area contributed by atoms with E-state index >= 15 is 0 Å². The number of hydrogen-bond acceptors (Lipinski definition) is 4. The molecule has 1 aliphatic rings. The van der Waals surface area contributed by atoms with E-state index in [0.29, 0.717) is 6.04 Å². The van der Waals surface area contributed by atoms with E-state index in [0.717, 1.165) is 30.9 Å². The van der Waals surface area contributed by atoms with Gasteiger partial charge in [-0.05, 0) is 39.6 Å². The van der Waals surface area contributed by atoms with E-state index in [1.165, 1.54) is 4.88 Å². The van der Waals surface area contributed by atoms with Crippen LogP contribution in [-0.2, 0) is 0 Å². The third-order valence-corrected chi connectivity index (χ3v) is 4.67. The van der Waals surface area contributed by atoms with Gasteiger partial charge in [0.05, 0.1) is 6.10 Å². The summed E-state index contributed by atoms with van der Waals surface area (Å²) < 4.78 is 0. The van der Waals surface area contributed by atoms with Gasteiger partial charge < -0.3 is 14.9 Å². The molecule has 3 nitrogen and oxygen atoms in total. The number of piperazine rings is 1. The average Bonchev–Trinajstić information content (AvgIpc) is 2.70. The first-order valence-electron chi connectivity index (χ1n) is 6.19. The molecule has 0 radical (unpaired) electrons. The highest BCUT2D eigenvalue weighted by Gasteiger charge is 2.25. The molecule has 1 N–H and O–H groups in total. The Bertz CT molecular complexity index is 366. The van der Waals surface area contributed by atoms with Crippen molar-refractivity contribution in [2.45, 2.75) is 25.5 Å². The van der Waals surface area contributed by atoms with Gasteiger partial charge in [0.15, 0.2) is 0 Å². The number of hydrogen-bond donors (Lipinski definition) is 1. The van der Waals surface area contributed by atoms with Gasteiger partial charge in [-0.2, -0.15) is 0 Å². The summed E-state index contributed by atoms with van der Waals surface area (Å²) in [5.74, 6) is 0. The largest absolute Gasteiger partial charge is 0.388 e. The molecule has 1 saturated heterocycles. The zero-order chi connectivity index (χ0) is 12.4. The topological polar surface area (TPSA) is 26.7 Å². The molecule has 0 saturated carbocycles. The predicted molar refractivity (Wildman–Crippen MR) is 72.5 cm³/mol. The lowest BCUT2D eigenvalue weighted by Crippen LogP contribution is -2.50. The molecule has 2 unspecified atom stereocenters. The van der Waals surface area contributed by atoms with Gasteiger partial charge in [-0.15, -0.1) is 11.3 Å². The van der Waals surface area contributed by atoms with Crippen molar-refractivity contribution >= 4 is 11.3 Å². The summed E-state index contributed by atoms with van der Waals surface area (Å²) in [5.41, 5.74) is 0. The van der Waals surface area contributed by atoms with Crippen LogP contribution in [0.5, 0.6) is 0 Å². The van der Waals surface area contributed by atoms with Crippen LogP contribution < -0.4 is 0 Å². The smallest absolute Gasteiger partial charge is 0.0897 e. The van der Waals surface area contributed by atoms with E-state index in [1.807, 2.05) is 0 Å². The van der Waals surface area contributed by atoms with Crippen molar-refractivity contribution in [3.63, 3.8) is 0 Å². The van der Waals surface area contributed by atoms with Gasteiger partial charge in [0, 0.05) is 35.4 Å². The maximum atomic E-state index is 10.3. The molecule has 1 fully saturated rings. The molecule has 1 aliphatic heterocycles. The highest BCUT2D eigenvalue weighted by Crippen LogP contribution is 2.27. The Balaban J connectivity index is 1.95. The van der Waals surface area contributed by atoms with Crippen molar-refractivity contribution in [1.29, 1.82) is 0 Å². The van der Waals surface area contributed by atoms with Gasteiger partial charge in [0.25, 0.3) is 0 Å². The maximum Gasteiger partial charge on any atom is 0.0897 e. The molecule has 4 heteroatoms. The Morgan fingerprint density at radius 2 is 2.18 bits per heavy atom. The van der Waals surface area contributed by atoms with Crippen molar-refractivity contribution in [2.24, 2.45) is 0 Å². The fraction of sp³-hybridized carbons (Fsp3) is 0.692. The van der Waals surface area contributed by atoms with Gasteiger partial charge in [0.2, 0.25) is 0 Å². The van der Waals surface area contributed by atoms with Crippen LogP contribution in [0.2, 0.25) is 0 Å². The first kappa shape index (κ1) is 13.0. The molecule has 96 valence electrons. The molecule has 1 aromatic heterocycles. The number of thiophene rings is 1. The van der Waals surface area contributed by atoms with Crippen molar-refractivity contribution < 1.29 is 5.11 Å². The Morgan fingerprint density at radius 3 is 2.82 bits per heavy atom. The highest BCUT2D eigenvalue weighted by molar-refractivity contribution is 7.12. The van der Waals surface area contributed by atoms with E-state index < -0.39 is 0 Å². The van der Waals surface area contributed by atoms with Gasteiger partial charge in [-0.1, -0.05) is 0 Å². The number of aryl methyl sites for hydroxylation is 1. The summed E-state index contributed by atoms with van der Waals surface area (Å²) in [6, 6.07) is 4.60. The first-order valence-corrected chi connectivity index (χ1v) is 7.01. The maximum absolute atomic E-state index is 10.3. The molecule has 0 bridgehead atoms. The van der Waals surface area contributed by atoms with E-state index in [2.05, 4.69) is 43.0 Å². The lowest BCUT2D eigenvalue weighted by atomic mass is 10.0. The Hall–Kier alpha value is -0.420. The quantitative estimate of drug-likeness (QED) is 0.890. The number of aliphatic hydroxyl groups is 1. The van der Waals surface area contributed by atoms with E-state index in [9.17, 15) is 5.11 Å². The highest BCUT2D eigenvalue weighted by atomic mass is 32.1. The summed E-state index contributed by atoms with van der Waals surface area (Å²) in [7, 11) is 4.31. The van der Waals surface area contributed by atoms with Gasteiger partial charge >= 0.3 is 0 Å². The molecule has 0 aromatic carbocycles. The summed E-state index contributed by atoms with van der Waals surface area (Å²) in [4.78, 5) is 7.08. The van der Waals surface area contributed by atoms with Crippen LogP contribution >= 0.6 is 11.3 Å². The monoisotopic (exact) mass is 254 g/mol. The number of nitrogens with zero attached hydrogens (tertiary/aromatic N) is 2. The molecular weight excluding hydrogens is 232 g/mol. The molecule has 17 heavy (non-hydrogen) atoms. The standard InChI is InChI=1S/C13H22N2OS/c1-10-4-5-13(17-10)12(16)8-11-9-14(2)6-7-15(11)3/h4-5,11-12,16H,6-9H2,1-3H3. The van der Waals surface area contributed by atoms with E-state index in [4.69, 9.17) is 0 Å². The molecule has 0 aliphatic carbocycles. The van der Waals surface area contributed by atoms with Crippen LogP contribution in [0.3, 0.4) is 0 Å². The molecule has 1 aromatic rings. The van der Waals surface area contributed by atoms with E-state index in [1.54, 1.807) is 11.3 Å². The number of aliphatic hydroxyl groups excluding tert-OH is 1. The lowest BCUT2D eigenvalue weighted by molar-refractivity contribution is 0.0647. The van der Waals surface area contributed by atoms with Crippen molar-refractivity contribution in [2.75, 3.05) is 33.7 Å². The number of likely N-dealkylation sites (N-methyl/N-ethyl adjacent to an activating group) is 2. The average molecular weight is 254 g/mol. The van der Waals surface area contributed by atoms with Crippen LogP contribution in [0, 0.1) is 6.92 Å². The van der Waals surface area contributed by atoms with Crippen LogP contribution in [0.25, 0.3) is 0 Å². The minimum absolute atomic E-state index is 0.312. The Kier molecular flexibility index (Phi) is 4.20. The predicted octanol–water partition coefficient (Wildman–Crippen LogP) is 1.73. The van der Waals surface area contributed by atoms with Crippen LogP contribution in [0.1, 0.15) is 22.3 Å². The SMILES string of the molecule is Cc1ccc(C(O)CC2CN(C)CCN2C)s1. The fourth-order valence-corrected chi connectivity index (χ4v) is 3.24. The summed E-state index contributed by atoms with van der Waals surface area (Å²) >= 11 is 1.70. The van der Waals surface area contributed by atoms with Gasteiger partial charge in [-0.3, -0.25) is 0 Å². The molecule has 0 amide bonds. The minimum Gasteiger partial charge on any atom is -0.388 e. The Labute approximate surface area is 108 Å². The third kappa shape index (κ3) is 3.28. The second-order valence-electron chi connectivity index (χ2n) is 5.10. The minimum atomic E-state index is -0.312. The van der Waals surface area contributed by atoms with Crippen molar-refractivity contribution in [3.05, 3.63) is 21.9 Å². The first-order chi connectivity index (χ1) is 8.06. The van der Waals surface area contributed by atoms with Gasteiger partial charge in [0.1, 0.15) is 0 Å². The van der Waals surface area contributed by atoms with Crippen LogP contribution in [0.4, 0.5) is 0 Å². The van der Waals surface area contributed by atoms with Crippen molar-refractivity contribution in [1.82, 2.24) is 9.80 Å². The van der Waals surface area contributed by atoms with Gasteiger partial charge in [-0.25, -0.2) is 0 Å². The zero-order valence-electron chi connectivity index (χ0n) is 10.9. The second-order valence-corrected chi connectivity index (χ2v) is 6.42. The molecule has 0 spiro atoms. The summed E-state index contributed by atoms with van der Waals surface area (Å²) in [5, 5.41) is 10.3.